The van der Waals surface area contributed by atoms with E-state index in [1.54, 1.807) is 0 Å². The Kier molecular flexibility index (Phi) is 3.90. The SMILES string of the molecule is CN(C)c1ccc2c(c1)OC(c1ccccc1)C(C=O)=C2Cl. The van der Waals surface area contributed by atoms with E-state index in [9.17, 15) is 4.79 Å². The molecule has 0 N–H and O–H groups in total. The first-order chi connectivity index (χ1) is 10.6. The molecule has 1 atom stereocenters. The highest BCUT2D eigenvalue weighted by Crippen LogP contribution is 2.44. The van der Waals surface area contributed by atoms with Crippen molar-refractivity contribution in [3.05, 3.63) is 65.2 Å². The summed E-state index contributed by atoms with van der Waals surface area (Å²) in [5, 5.41) is 0.454. The summed E-state index contributed by atoms with van der Waals surface area (Å²) in [5.41, 5.74) is 3.13. The first kappa shape index (κ1) is 14.7. The summed E-state index contributed by atoms with van der Waals surface area (Å²) < 4.78 is 6.08. The molecule has 1 heterocycles. The summed E-state index contributed by atoms with van der Waals surface area (Å²) in [4.78, 5) is 13.5. The Morgan fingerprint density at radius 2 is 1.86 bits per heavy atom. The van der Waals surface area contributed by atoms with Crippen LogP contribution in [0.5, 0.6) is 5.75 Å². The van der Waals surface area contributed by atoms with Crippen molar-refractivity contribution in [1.29, 1.82) is 0 Å². The molecule has 1 aliphatic heterocycles. The van der Waals surface area contributed by atoms with Crippen LogP contribution in [0.3, 0.4) is 0 Å². The van der Waals surface area contributed by atoms with Crippen molar-refractivity contribution < 1.29 is 9.53 Å². The monoisotopic (exact) mass is 313 g/mol. The third-order valence-electron chi connectivity index (χ3n) is 3.73. The molecule has 3 rings (SSSR count). The van der Waals surface area contributed by atoms with Crippen LogP contribution in [-0.4, -0.2) is 20.4 Å². The molecule has 0 aliphatic carbocycles. The predicted molar refractivity (Wildman–Crippen MR) is 89.4 cm³/mol. The molecule has 1 unspecified atom stereocenters. The van der Waals surface area contributed by atoms with Gasteiger partial charge in [0.05, 0.1) is 10.6 Å². The van der Waals surface area contributed by atoms with Crippen molar-refractivity contribution in [1.82, 2.24) is 0 Å². The molecular formula is C18H16ClNO2. The average Bonchev–Trinajstić information content (AvgIpc) is 2.55. The van der Waals surface area contributed by atoms with Gasteiger partial charge in [0.2, 0.25) is 0 Å². The summed E-state index contributed by atoms with van der Waals surface area (Å²) >= 11 is 6.44. The van der Waals surface area contributed by atoms with Crippen molar-refractivity contribution in [2.24, 2.45) is 0 Å². The van der Waals surface area contributed by atoms with Gasteiger partial charge in [-0.2, -0.15) is 0 Å². The van der Waals surface area contributed by atoms with E-state index in [4.69, 9.17) is 16.3 Å². The minimum absolute atomic E-state index is 0.454. The molecule has 4 heteroatoms. The number of fused-ring (bicyclic) bond motifs is 1. The molecule has 1 aliphatic rings. The van der Waals surface area contributed by atoms with Gasteiger partial charge in [0.25, 0.3) is 0 Å². The molecule has 2 aromatic carbocycles. The smallest absolute Gasteiger partial charge is 0.153 e. The van der Waals surface area contributed by atoms with Crippen molar-refractivity contribution in [2.45, 2.75) is 6.10 Å². The second-order valence-electron chi connectivity index (χ2n) is 5.37. The second kappa shape index (κ2) is 5.85. The van der Waals surface area contributed by atoms with E-state index in [1.165, 1.54) is 0 Å². The van der Waals surface area contributed by atoms with Crippen molar-refractivity contribution in [3.63, 3.8) is 0 Å². The first-order valence-corrected chi connectivity index (χ1v) is 7.38. The van der Waals surface area contributed by atoms with Crippen molar-refractivity contribution >= 4 is 28.6 Å². The maximum atomic E-state index is 11.5. The molecule has 0 amide bonds. The normalized spacial score (nSPS) is 16.8. The number of benzene rings is 2. The van der Waals surface area contributed by atoms with Crippen molar-refractivity contribution in [3.8, 4) is 5.75 Å². The molecule has 0 aromatic heterocycles. The molecule has 0 fully saturated rings. The minimum atomic E-state index is -0.476. The molecule has 0 radical (unpaired) electrons. The van der Waals surface area contributed by atoms with Gasteiger partial charge in [-0.1, -0.05) is 41.9 Å². The molecule has 112 valence electrons. The lowest BCUT2D eigenvalue weighted by Gasteiger charge is -2.28. The number of rotatable bonds is 3. The molecule has 0 saturated carbocycles. The van der Waals surface area contributed by atoms with Gasteiger partial charge in [-0.15, -0.1) is 0 Å². The van der Waals surface area contributed by atoms with Gasteiger partial charge in [-0.25, -0.2) is 0 Å². The average molecular weight is 314 g/mol. The second-order valence-corrected chi connectivity index (χ2v) is 5.75. The maximum absolute atomic E-state index is 11.5. The zero-order valence-corrected chi connectivity index (χ0v) is 13.2. The summed E-state index contributed by atoms with van der Waals surface area (Å²) in [6, 6.07) is 15.4. The fourth-order valence-electron chi connectivity index (χ4n) is 2.52. The summed E-state index contributed by atoms with van der Waals surface area (Å²) in [6.07, 6.45) is 0.305. The fourth-order valence-corrected chi connectivity index (χ4v) is 2.82. The number of halogens is 1. The number of hydrogen-bond donors (Lipinski definition) is 0. The number of ether oxygens (including phenoxy) is 1. The van der Waals surface area contributed by atoms with Gasteiger partial charge < -0.3 is 9.64 Å². The quantitative estimate of drug-likeness (QED) is 0.801. The summed E-state index contributed by atoms with van der Waals surface area (Å²) in [7, 11) is 3.93. The predicted octanol–water partition coefficient (Wildman–Crippen LogP) is 4.04. The van der Waals surface area contributed by atoms with Gasteiger partial charge in [-0.3, -0.25) is 4.79 Å². The third-order valence-corrected chi connectivity index (χ3v) is 4.15. The number of aldehydes is 1. The third kappa shape index (κ3) is 2.48. The molecule has 3 nitrogen and oxygen atoms in total. The van der Waals surface area contributed by atoms with Crippen LogP contribution in [0.25, 0.3) is 5.03 Å². The van der Waals surface area contributed by atoms with Gasteiger partial charge >= 0.3 is 0 Å². The van der Waals surface area contributed by atoms with Crippen LogP contribution in [0.15, 0.2) is 54.1 Å². The van der Waals surface area contributed by atoms with Crippen LogP contribution in [0, 0.1) is 0 Å². The Morgan fingerprint density at radius 3 is 2.50 bits per heavy atom. The van der Waals surface area contributed by atoms with Crippen LogP contribution in [-0.2, 0) is 4.79 Å². The number of nitrogens with zero attached hydrogens (tertiary/aromatic N) is 1. The standard InChI is InChI=1S/C18H16ClNO2/c1-20(2)13-8-9-14-16(10-13)22-18(15(11-21)17(14)19)12-6-4-3-5-7-12/h3-11,18H,1-2H3. The van der Waals surface area contributed by atoms with E-state index in [1.807, 2.05) is 67.5 Å². The van der Waals surface area contributed by atoms with Crippen molar-refractivity contribution in [2.75, 3.05) is 19.0 Å². The first-order valence-electron chi connectivity index (χ1n) is 7.00. The molecule has 22 heavy (non-hydrogen) atoms. The highest BCUT2D eigenvalue weighted by atomic mass is 35.5. The van der Waals surface area contributed by atoms with Gasteiger partial charge in [0, 0.05) is 31.4 Å². The molecule has 0 spiro atoms. The maximum Gasteiger partial charge on any atom is 0.153 e. The highest BCUT2D eigenvalue weighted by molar-refractivity contribution is 6.51. The molecular weight excluding hydrogens is 298 g/mol. The van der Waals surface area contributed by atoms with E-state index in [0.29, 0.717) is 16.4 Å². The number of carbonyl (C=O) groups excluding carboxylic acids is 1. The van der Waals surface area contributed by atoms with E-state index >= 15 is 0 Å². The summed E-state index contributed by atoms with van der Waals surface area (Å²) in [6.45, 7) is 0. The lowest BCUT2D eigenvalue weighted by Crippen LogP contribution is -2.18. The van der Waals surface area contributed by atoms with E-state index in [0.717, 1.165) is 23.1 Å². The molecule has 0 bridgehead atoms. The van der Waals surface area contributed by atoms with E-state index in [-0.39, 0.29) is 0 Å². The van der Waals surface area contributed by atoms with E-state index in [2.05, 4.69) is 0 Å². The zero-order chi connectivity index (χ0) is 15.7. The van der Waals surface area contributed by atoms with Crippen LogP contribution in [0.2, 0.25) is 0 Å². The Morgan fingerprint density at radius 1 is 1.14 bits per heavy atom. The molecule has 0 saturated heterocycles. The Hall–Kier alpha value is -2.26. The van der Waals surface area contributed by atoms with E-state index < -0.39 is 6.10 Å². The largest absolute Gasteiger partial charge is 0.480 e. The van der Waals surface area contributed by atoms with Gasteiger partial charge in [-0.05, 0) is 17.7 Å². The van der Waals surface area contributed by atoms with Gasteiger partial charge in [0.15, 0.2) is 12.4 Å². The van der Waals surface area contributed by atoms with Gasteiger partial charge in [0.1, 0.15) is 5.75 Å². The van der Waals surface area contributed by atoms with Crippen LogP contribution in [0.4, 0.5) is 5.69 Å². The lowest BCUT2D eigenvalue weighted by atomic mass is 9.96. The van der Waals surface area contributed by atoms with Crippen LogP contribution in [0.1, 0.15) is 17.2 Å². The Bertz CT molecular complexity index is 738. The topological polar surface area (TPSA) is 29.5 Å². The number of anilines is 1. The van der Waals surface area contributed by atoms with Crippen LogP contribution < -0.4 is 9.64 Å². The lowest BCUT2D eigenvalue weighted by molar-refractivity contribution is -0.105. The number of carbonyl (C=O) groups is 1. The molecule has 2 aromatic rings. The zero-order valence-electron chi connectivity index (χ0n) is 12.4. The fraction of sp³-hybridized carbons (Fsp3) is 0.167. The summed E-state index contributed by atoms with van der Waals surface area (Å²) in [5.74, 6) is 0.690. The Labute approximate surface area is 134 Å². The van der Waals surface area contributed by atoms with Crippen LogP contribution >= 0.6 is 11.6 Å². The number of hydrogen-bond acceptors (Lipinski definition) is 3. The highest BCUT2D eigenvalue weighted by Gasteiger charge is 2.29. The Balaban J connectivity index is 2.12. The minimum Gasteiger partial charge on any atom is -0.480 e.